The maximum atomic E-state index is 13.1. The minimum atomic E-state index is -0.0487. The predicted octanol–water partition coefficient (Wildman–Crippen LogP) is 2.44. The number of amides is 2. The van der Waals surface area contributed by atoms with Crippen molar-refractivity contribution in [3.63, 3.8) is 0 Å². The smallest absolute Gasteiger partial charge is 0.274 e. The van der Waals surface area contributed by atoms with Gasteiger partial charge in [0.15, 0.2) is 5.69 Å². The number of hydrogen-bond donors (Lipinski definition) is 0. The average Bonchev–Trinajstić information content (AvgIpc) is 3.21. The number of nitrogens with zero attached hydrogens (tertiary/aromatic N) is 5. The van der Waals surface area contributed by atoms with Gasteiger partial charge in [0.2, 0.25) is 0 Å². The number of fused-ring (bicyclic) bond motifs is 2. The first-order valence-corrected chi connectivity index (χ1v) is 10.2. The summed E-state index contributed by atoms with van der Waals surface area (Å²) < 4.78 is 1.85. The molecule has 0 fully saturated rings. The third-order valence-corrected chi connectivity index (χ3v) is 5.99. The monoisotopic (exact) mass is 401 g/mol. The molecule has 2 amide bonds. The zero-order valence-corrected chi connectivity index (χ0v) is 16.9. The van der Waals surface area contributed by atoms with Crippen molar-refractivity contribution < 1.29 is 9.59 Å². The Morgan fingerprint density at radius 3 is 2.57 bits per heavy atom. The van der Waals surface area contributed by atoms with Crippen LogP contribution >= 0.6 is 0 Å². The van der Waals surface area contributed by atoms with E-state index in [9.17, 15) is 9.59 Å². The van der Waals surface area contributed by atoms with Crippen LogP contribution in [-0.2, 0) is 26.1 Å². The number of aromatic nitrogens is 3. The largest absolute Gasteiger partial charge is 0.333 e. The van der Waals surface area contributed by atoms with Crippen LogP contribution in [0.5, 0.6) is 0 Å². The molecule has 7 heteroatoms. The quantitative estimate of drug-likeness (QED) is 0.661. The van der Waals surface area contributed by atoms with Gasteiger partial charge >= 0.3 is 0 Å². The molecule has 0 saturated heterocycles. The van der Waals surface area contributed by atoms with E-state index in [1.807, 2.05) is 40.8 Å². The van der Waals surface area contributed by atoms with Gasteiger partial charge in [-0.05, 0) is 42.2 Å². The summed E-state index contributed by atoms with van der Waals surface area (Å²) >= 11 is 0. The third-order valence-electron chi connectivity index (χ3n) is 5.99. The lowest BCUT2D eigenvalue weighted by molar-refractivity contribution is 0.0698. The van der Waals surface area contributed by atoms with Crippen LogP contribution in [0.25, 0.3) is 0 Å². The molecule has 152 valence electrons. The highest BCUT2D eigenvalue weighted by atomic mass is 16.2. The minimum absolute atomic E-state index is 0.0337. The maximum absolute atomic E-state index is 13.1. The molecular weight excluding hydrogens is 378 g/mol. The molecule has 0 spiro atoms. The van der Waals surface area contributed by atoms with Gasteiger partial charge in [0, 0.05) is 32.0 Å². The van der Waals surface area contributed by atoms with Crippen LogP contribution in [0.15, 0.2) is 48.8 Å². The predicted molar refractivity (Wildman–Crippen MR) is 111 cm³/mol. The number of rotatable bonds is 2. The summed E-state index contributed by atoms with van der Waals surface area (Å²) in [6, 6.07) is 11.9. The molecular formula is C23H23N5O2. The van der Waals surface area contributed by atoms with Gasteiger partial charge in [0.25, 0.3) is 11.8 Å². The molecule has 2 aliphatic rings. The first-order valence-electron chi connectivity index (χ1n) is 10.2. The van der Waals surface area contributed by atoms with E-state index < -0.39 is 0 Å². The lowest BCUT2D eigenvalue weighted by Crippen LogP contribution is -2.38. The van der Waals surface area contributed by atoms with E-state index >= 15 is 0 Å². The van der Waals surface area contributed by atoms with Crippen molar-refractivity contribution in [1.29, 1.82) is 0 Å². The number of aryl methyl sites for hydroxylation is 1. The summed E-state index contributed by atoms with van der Waals surface area (Å²) in [5.74, 6) is -0.0825. The molecule has 1 aromatic carbocycles. The van der Waals surface area contributed by atoms with E-state index in [1.54, 1.807) is 17.3 Å². The van der Waals surface area contributed by atoms with E-state index in [1.165, 1.54) is 11.1 Å². The van der Waals surface area contributed by atoms with Crippen LogP contribution in [0.2, 0.25) is 0 Å². The second-order valence-corrected chi connectivity index (χ2v) is 7.91. The minimum Gasteiger partial charge on any atom is -0.333 e. The molecule has 0 aliphatic carbocycles. The molecule has 2 aliphatic heterocycles. The van der Waals surface area contributed by atoms with Gasteiger partial charge in [-0.15, -0.1) is 0 Å². The van der Waals surface area contributed by atoms with Gasteiger partial charge in [0.1, 0.15) is 0 Å². The van der Waals surface area contributed by atoms with E-state index in [0.29, 0.717) is 44.0 Å². The average molecular weight is 401 g/mol. The van der Waals surface area contributed by atoms with Crippen molar-refractivity contribution in [2.24, 2.45) is 0 Å². The Labute approximate surface area is 174 Å². The second kappa shape index (κ2) is 7.40. The van der Waals surface area contributed by atoms with Crippen molar-refractivity contribution in [2.45, 2.75) is 33.0 Å². The first-order chi connectivity index (χ1) is 14.6. The summed E-state index contributed by atoms with van der Waals surface area (Å²) in [5.41, 5.74) is 5.38. The highest BCUT2D eigenvalue weighted by Gasteiger charge is 2.28. The summed E-state index contributed by atoms with van der Waals surface area (Å²) in [6.45, 7) is 4.81. The maximum Gasteiger partial charge on any atom is 0.274 e. The van der Waals surface area contributed by atoms with E-state index in [-0.39, 0.29) is 11.8 Å². The fourth-order valence-corrected chi connectivity index (χ4v) is 4.23. The fraction of sp³-hybridized carbons (Fsp3) is 0.304. The molecule has 0 N–H and O–H groups in total. The number of benzene rings is 1. The molecule has 0 unspecified atom stereocenters. The zero-order chi connectivity index (χ0) is 20.7. The standard InChI is InChI=1S/C23H23N5O2/c1-16-6-8-24-13-20(16)22(29)27-10-11-28-19(15-27)12-21(25-28)23(30)26-9-7-17-4-2-3-5-18(17)14-26/h2-6,8,12-13H,7,9-11,14-15H2,1H3. The van der Waals surface area contributed by atoms with Crippen LogP contribution in [-0.4, -0.2) is 49.5 Å². The highest BCUT2D eigenvalue weighted by molar-refractivity contribution is 5.95. The van der Waals surface area contributed by atoms with E-state index in [4.69, 9.17) is 0 Å². The molecule has 4 heterocycles. The van der Waals surface area contributed by atoms with E-state index in [2.05, 4.69) is 22.2 Å². The fourth-order valence-electron chi connectivity index (χ4n) is 4.23. The Balaban J connectivity index is 1.32. The van der Waals surface area contributed by atoms with Crippen LogP contribution in [0.3, 0.4) is 0 Å². The zero-order valence-electron chi connectivity index (χ0n) is 16.9. The molecule has 0 radical (unpaired) electrons. The molecule has 2 aromatic heterocycles. The van der Waals surface area contributed by atoms with Crippen molar-refractivity contribution in [2.75, 3.05) is 13.1 Å². The van der Waals surface area contributed by atoms with Crippen molar-refractivity contribution in [1.82, 2.24) is 24.6 Å². The van der Waals surface area contributed by atoms with Gasteiger partial charge in [-0.3, -0.25) is 19.3 Å². The summed E-state index contributed by atoms with van der Waals surface area (Å²) in [4.78, 5) is 33.7. The summed E-state index contributed by atoms with van der Waals surface area (Å²) in [6.07, 6.45) is 4.17. The van der Waals surface area contributed by atoms with E-state index in [0.717, 1.165) is 17.7 Å². The Hall–Kier alpha value is -3.48. The normalized spacial score (nSPS) is 15.5. The molecule has 0 bridgehead atoms. The Morgan fingerprint density at radius 1 is 0.933 bits per heavy atom. The first kappa shape index (κ1) is 18.5. The molecule has 0 atom stereocenters. The summed E-state index contributed by atoms with van der Waals surface area (Å²) in [7, 11) is 0. The van der Waals surface area contributed by atoms with Gasteiger partial charge in [-0.25, -0.2) is 0 Å². The second-order valence-electron chi connectivity index (χ2n) is 7.91. The Kier molecular flexibility index (Phi) is 4.58. The number of pyridine rings is 1. The lowest BCUT2D eigenvalue weighted by atomic mass is 10.00. The highest BCUT2D eigenvalue weighted by Crippen LogP contribution is 2.22. The number of hydrogen-bond acceptors (Lipinski definition) is 4. The van der Waals surface area contributed by atoms with Crippen LogP contribution in [0.1, 0.15) is 43.2 Å². The Bertz CT molecular complexity index is 1140. The topological polar surface area (TPSA) is 71.3 Å². The van der Waals surface area contributed by atoms with Gasteiger partial charge in [-0.1, -0.05) is 24.3 Å². The van der Waals surface area contributed by atoms with Gasteiger partial charge < -0.3 is 9.80 Å². The van der Waals surface area contributed by atoms with Gasteiger partial charge in [0.05, 0.1) is 24.3 Å². The Morgan fingerprint density at radius 2 is 1.73 bits per heavy atom. The summed E-state index contributed by atoms with van der Waals surface area (Å²) in [5, 5.41) is 4.54. The molecule has 0 saturated carbocycles. The molecule has 3 aromatic rings. The van der Waals surface area contributed by atoms with Crippen LogP contribution < -0.4 is 0 Å². The SMILES string of the molecule is Cc1ccncc1C(=O)N1CCn2nc(C(=O)N3CCc4ccccc4C3)cc2C1. The van der Waals surface area contributed by atoms with Gasteiger partial charge in [-0.2, -0.15) is 5.10 Å². The number of carbonyl (C=O) groups is 2. The number of carbonyl (C=O) groups excluding carboxylic acids is 2. The van der Waals surface area contributed by atoms with Crippen LogP contribution in [0, 0.1) is 6.92 Å². The molecule has 30 heavy (non-hydrogen) atoms. The molecule has 7 nitrogen and oxygen atoms in total. The van der Waals surface area contributed by atoms with Crippen molar-refractivity contribution in [3.05, 3.63) is 82.4 Å². The van der Waals surface area contributed by atoms with Crippen molar-refractivity contribution in [3.8, 4) is 0 Å². The molecule has 5 rings (SSSR count). The van der Waals surface area contributed by atoms with Crippen molar-refractivity contribution >= 4 is 11.8 Å². The lowest BCUT2D eigenvalue weighted by Gasteiger charge is -2.28. The van der Waals surface area contributed by atoms with Crippen LogP contribution in [0.4, 0.5) is 0 Å². The third kappa shape index (κ3) is 3.26.